The largest absolute Gasteiger partial charge is 0.330 e. The van der Waals surface area contributed by atoms with Gasteiger partial charge in [0.05, 0.1) is 6.67 Å². The van der Waals surface area contributed by atoms with Gasteiger partial charge in [0, 0.05) is 5.92 Å². The van der Waals surface area contributed by atoms with Gasteiger partial charge < -0.3 is 5.73 Å². The number of halogens is 1. The maximum absolute atomic E-state index is 12.4. The molecule has 1 atom stereocenters. The van der Waals surface area contributed by atoms with Gasteiger partial charge in [0.25, 0.3) is 0 Å². The molecule has 1 nitrogen and oxygen atoms in total. The maximum atomic E-state index is 12.4. The van der Waals surface area contributed by atoms with Crippen molar-refractivity contribution >= 4 is 0 Å². The molecule has 72 valence electrons. The molecule has 0 saturated carbocycles. The molecule has 0 amide bonds. The van der Waals surface area contributed by atoms with Crippen LogP contribution < -0.4 is 5.73 Å². The Morgan fingerprint density at radius 3 is 2.77 bits per heavy atom. The van der Waals surface area contributed by atoms with Crippen LogP contribution in [0.5, 0.6) is 0 Å². The minimum absolute atomic E-state index is 0.0261. The Bertz CT molecular complexity index is 256. The van der Waals surface area contributed by atoms with E-state index in [4.69, 9.17) is 5.73 Å². The maximum Gasteiger partial charge on any atom is 0.0937 e. The van der Waals surface area contributed by atoms with E-state index in [1.165, 1.54) is 11.1 Å². The number of hydrogen-bond acceptors (Lipinski definition) is 1. The summed E-state index contributed by atoms with van der Waals surface area (Å²) in [5.41, 5.74) is 7.82. The molecule has 1 aromatic rings. The van der Waals surface area contributed by atoms with Crippen molar-refractivity contribution in [1.29, 1.82) is 0 Å². The Morgan fingerprint density at radius 1 is 1.46 bits per heavy atom. The molecule has 1 rings (SSSR count). The van der Waals surface area contributed by atoms with Crippen molar-refractivity contribution in [1.82, 2.24) is 0 Å². The SMILES string of the molecule is Cc1cccc(CC(CN)CF)c1. The van der Waals surface area contributed by atoms with Crippen LogP contribution in [0.1, 0.15) is 11.1 Å². The van der Waals surface area contributed by atoms with Gasteiger partial charge in [0.1, 0.15) is 0 Å². The van der Waals surface area contributed by atoms with Crippen molar-refractivity contribution in [3.05, 3.63) is 35.4 Å². The summed E-state index contributed by atoms with van der Waals surface area (Å²) in [6, 6.07) is 8.14. The van der Waals surface area contributed by atoms with E-state index in [1.54, 1.807) is 0 Å². The third-order valence-electron chi connectivity index (χ3n) is 2.16. The normalized spacial score (nSPS) is 12.8. The highest BCUT2D eigenvalue weighted by atomic mass is 19.1. The minimum atomic E-state index is -0.329. The summed E-state index contributed by atoms with van der Waals surface area (Å²) < 4.78 is 12.4. The number of rotatable bonds is 4. The number of nitrogens with two attached hydrogens (primary N) is 1. The van der Waals surface area contributed by atoms with E-state index in [0.717, 1.165) is 6.42 Å². The predicted molar refractivity (Wildman–Crippen MR) is 53.4 cm³/mol. The van der Waals surface area contributed by atoms with Crippen LogP contribution in [-0.4, -0.2) is 13.2 Å². The number of hydrogen-bond donors (Lipinski definition) is 1. The fourth-order valence-corrected chi connectivity index (χ4v) is 1.37. The van der Waals surface area contributed by atoms with Gasteiger partial charge in [-0.3, -0.25) is 4.39 Å². The number of aryl methyl sites for hydroxylation is 1. The zero-order valence-corrected chi connectivity index (χ0v) is 7.96. The average molecular weight is 181 g/mol. The first-order valence-corrected chi connectivity index (χ1v) is 4.58. The molecular weight excluding hydrogens is 165 g/mol. The topological polar surface area (TPSA) is 26.0 Å². The monoisotopic (exact) mass is 181 g/mol. The summed E-state index contributed by atoms with van der Waals surface area (Å²) in [7, 11) is 0. The summed E-state index contributed by atoms with van der Waals surface area (Å²) in [5.74, 6) is -0.0261. The number of alkyl halides is 1. The van der Waals surface area contributed by atoms with E-state index in [9.17, 15) is 4.39 Å². The first-order chi connectivity index (χ1) is 6.26. The standard InChI is InChI=1S/C11H16FN/c1-9-3-2-4-10(5-9)6-11(7-12)8-13/h2-5,11H,6-8,13H2,1H3. The molecule has 0 saturated heterocycles. The van der Waals surface area contributed by atoms with Crippen molar-refractivity contribution in [3.63, 3.8) is 0 Å². The minimum Gasteiger partial charge on any atom is -0.330 e. The lowest BCUT2D eigenvalue weighted by Crippen LogP contribution is -2.18. The molecule has 0 aromatic heterocycles. The highest BCUT2D eigenvalue weighted by Gasteiger charge is 2.06. The van der Waals surface area contributed by atoms with E-state index in [0.29, 0.717) is 6.54 Å². The highest BCUT2D eigenvalue weighted by molar-refractivity contribution is 5.22. The lowest BCUT2D eigenvalue weighted by molar-refractivity contribution is 0.365. The fraction of sp³-hybridized carbons (Fsp3) is 0.455. The first-order valence-electron chi connectivity index (χ1n) is 4.58. The van der Waals surface area contributed by atoms with Gasteiger partial charge in [0.2, 0.25) is 0 Å². The molecule has 0 aliphatic rings. The van der Waals surface area contributed by atoms with Crippen molar-refractivity contribution in [3.8, 4) is 0 Å². The van der Waals surface area contributed by atoms with Crippen LogP contribution in [0.15, 0.2) is 24.3 Å². The van der Waals surface area contributed by atoms with Gasteiger partial charge in [-0.25, -0.2) is 0 Å². The lowest BCUT2D eigenvalue weighted by Gasteiger charge is -2.10. The molecule has 0 radical (unpaired) electrons. The third kappa shape index (κ3) is 3.15. The molecule has 0 bridgehead atoms. The summed E-state index contributed by atoms with van der Waals surface area (Å²) in [6.45, 7) is 2.13. The van der Waals surface area contributed by atoms with Crippen LogP contribution in [0.25, 0.3) is 0 Å². The summed E-state index contributed by atoms with van der Waals surface area (Å²) in [5, 5.41) is 0. The zero-order valence-electron chi connectivity index (χ0n) is 7.96. The van der Waals surface area contributed by atoms with Crippen molar-refractivity contribution in [2.75, 3.05) is 13.2 Å². The van der Waals surface area contributed by atoms with Gasteiger partial charge >= 0.3 is 0 Å². The lowest BCUT2D eigenvalue weighted by atomic mass is 9.99. The van der Waals surface area contributed by atoms with Crippen LogP contribution in [0, 0.1) is 12.8 Å². The fourth-order valence-electron chi connectivity index (χ4n) is 1.37. The molecule has 0 spiro atoms. The molecule has 2 N–H and O–H groups in total. The van der Waals surface area contributed by atoms with Gasteiger partial charge in [0.15, 0.2) is 0 Å². The second-order valence-electron chi connectivity index (χ2n) is 3.45. The van der Waals surface area contributed by atoms with E-state index < -0.39 is 0 Å². The molecule has 13 heavy (non-hydrogen) atoms. The molecule has 0 heterocycles. The van der Waals surface area contributed by atoms with E-state index >= 15 is 0 Å². The van der Waals surface area contributed by atoms with Crippen LogP contribution in [0.4, 0.5) is 4.39 Å². The molecule has 2 heteroatoms. The quantitative estimate of drug-likeness (QED) is 0.756. The second kappa shape index (κ2) is 4.97. The van der Waals surface area contributed by atoms with Crippen molar-refractivity contribution in [2.45, 2.75) is 13.3 Å². The van der Waals surface area contributed by atoms with Crippen molar-refractivity contribution < 1.29 is 4.39 Å². The average Bonchev–Trinajstić information content (AvgIpc) is 2.14. The first kappa shape index (κ1) is 10.2. The Balaban J connectivity index is 2.62. The molecule has 0 fully saturated rings. The molecule has 1 unspecified atom stereocenters. The zero-order chi connectivity index (χ0) is 9.68. The third-order valence-corrected chi connectivity index (χ3v) is 2.16. The van der Waals surface area contributed by atoms with Crippen LogP contribution in [0.3, 0.4) is 0 Å². The summed E-state index contributed by atoms with van der Waals surface area (Å²) in [4.78, 5) is 0. The van der Waals surface area contributed by atoms with Crippen LogP contribution >= 0.6 is 0 Å². The molecular formula is C11H16FN. The Hall–Kier alpha value is -0.890. The van der Waals surface area contributed by atoms with Gasteiger partial charge in [-0.05, 0) is 25.5 Å². The molecule has 0 aliphatic carbocycles. The van der Waals surface area contributed by atoms with E-state index in [2.05, 4.69) is 6.07 Å². The van der Waals surface area contributed by atoms with E-state index in [1.807, 2.05) is 25.1 Å². The molecule has 0 aliphatic heterocycles. The van der Waals surface area contributed by atoms with E-state index in [-0.39, 0.29) is 12.6 Å². The summed E-state index contributed by atoms with van der Waals surface area (Å²) in [6.07, 6.45) is 0.745. The Labute approximate surface area is 78.8 Å². The smallest absolute Gasteiger partial charge is 0.0937 e. The van der Waals surface area contributed by atoms with Crippen LogP contribution in [0.2, 0.25) is 0 Å². The highest BCUT2D eigenvalue weighted by Crippen LogP contribution is 2.10. The van der Waals surface area contributed by atoms with Crippen LogP contribution in [-0.2, 0) is 6.42 Å². The Morgan fingerprint density at radius 2 is 2.23 bits per heavy atom. The Kier molecular flexibility index (Phi) is 3.90. The van der Waals surface area contributed by atoms with Gasteiger partial charge in [-0.1, -0.05) is 29.8 Å². The molecule has 1 aromatic carbocycles. The van der Waals surface area contributed by atoms with Crippen molar-refractivity contribution in [2.24, 2.45) is 11.7 Å². The van der Waals surface area contributed by atoms with Gasteiger partial charge in [-0.15, -0.1) is 0 Å². The summed E-state index contributed by atoms with van der Waals surface area (Å²) >= 11 is 0. The van der Waals surface area contributed by atoms with Gasteiger partial charge in [-0.2, -0.15) is 0 Å². The predicted octanol–water partition coefficient (Wildman–Crippen LogP) is 2.08. The second-order valence-corrected chi connectivity index (χ2v) is 3.45. The number of benzene rings is 1.